The first-order chi connectivity index (χ1) is 10.5. The van der Waals surface area contributed by atoms with Crippen molar-refractivity contribution in [3.8, 4) is 17.6 Å². The van der Waals surface area contributed by atoms with Crippen LogP contribution in [0.25, 0.3) is 0 Å². The van der Waals surface area contributed by atoms with Crippen LogP contribution in [0.1, 0.15) is 34.5 Å². The number of amides is 1. The highest BCUT2D eigenvalue weighted by Gasteiger charge is 2.15. The molecule has 0 aliphatic heterocycles. The Morgan fingerprint density at radius 2 is 1.95 bits per heavy atom. The molecule has 0 aromatic heterocycles. The number of ether oxygens (including phenoxy) is 1. The molecule has 2 N–H and O–H groups in total. The molecule has 112 valence electrons. The van der Waals surface area contributed by atoms with Crippen molar-refractivity contribution >= 4 is 5.91 Å². The minimum Gasteiger partial charge on any atom is -0.507 e. The van der Waals surface area contributed by atoms with E-state index in [-0.39, 0.29) is 23.3 Å². The van der Waals surface area contributed by atoms with E-state index in [0.29, 0.717) is 11.3 Å². The molecule has 2 aromatic rings. The molecule has 5 nitrogen and oxygen atoms in total. The summed E-state index contributed by atoms with van der Waals surface area (Å²) >= 11 is 0. The van der Waals surface area contributed by atoms with Crippen molar-refractivity contribution in [2.45, 2.75) is 13.0 Å². The number of carbonyl (C=O) groups excluding carboxylic acids is 1. The standard InChI is InChI=1S/C17H16N2O3/c1-11(13-5-3-12(10-18)4-6-13)19-17(21)15-8-7-14(22-2)9-16(15)20/h3-9,11,20H,1-2H3,(H,19,21). The summed E-state index contributed by atoms with van der Waals surface area (Å²) in [7, 11) is 1.49. The van der Waals surface area contributed by atoms with E-state index in [0.717, 1.165) is 5.56 Å². The Bertz CT molecular complexity index is 718. The number of rotatable bonds is 4. The summed E-state index contributed by atoms with van der Waals surface area (Å²) in [5.41, 5.74) is 1.62. The zero-order chi connectivity index (χ0) is 16.1. The number of nitriles is 1. The number of aromatic hydroxyl groups is 1. The summed E-state index contributed by atoms with van der Waals surface area (Å²) in [4.78, 5) is 12.2. The molecule has 2 aromatic carbocycles. The number of nitrogens with zero attached hydrogens (tertiary/aromatic N) is 1. The largest absolute Gasteiger partial charge is 0.507 e. The predicted octanol–water partition coefficient (Wildman–Crippen LogP) is 2.76. The van der Waals surface area contributed by atoms with Gasteiger partial charge in [-0.1, -0.05) is 12.1 Å². The molecule has 2 rings (SSSR count). The van der Waals surface area contributed by atoms with Gasteiger partial charge in [-0.15, -0.1) is 0 Å². The van der Waals surface area contributed by atoms with Crippen LogP contribution in [0.4, 0.5) is 0 Å². The van der Waals surface area contributed by atoms with Crippen molar-refractivity contribution in [2.24, 2.45) is 0 Å². The van der Waals surface area contributed by atoms with Gasteiger partial charge in [0.1, 0.15) is 11.5 Å². The van der Waals surface area contributed by atoms with Crippen molar-refractivity contribution in [3.05, 3.63) is 59.2 Å². The maximum Gasteiger partial charge on any atom is 0.255 e. The van der Waals surface area contributed by atoms with Crippen molar-refractivity contribution in [3.63, 3.8) is 0 Å². The lowest BCUT2D eigenvalue weighted by Gasteiger charge is -2.15. The number of phenols is 1. The zero-order valence-electron chi connectivity index (χ0n) is 12.3. The molecule has 1 amide bonds. The van der Waals surface area contributed by atoms with Gasteiger partial charge in [0.15, 0.2) is 0 Å². The third kappa shape index (κ3) is 3.36. The molecule has 0 heterocycles. The molecule has 1 unspecified atom stereocenters. The zero-order valence-corrected chi connectivity index (χ0v) is 12.3. The average Bonchev–Trinajstić information content (AvgIpc) is 2.54. The van der Waals surface area contributed by atoms with E-state index in [1.165, 1.54) is 19.2 Å². The summed E-state index contributed by atoms with van der Waals surface area (Å²) in [5, 5.41) is 21.5. The van der Waals surface area contributed by atoms with Crippen LogP contribution in [0.15, 0.2) is 42.5 Å². The molecule has 1 atom stereocenters. The molecule has 0 saturated carbocycles. The Labute approximate surface area is 128 Å². The number of carbonyl (C=O) groups is 1. The summed E-state index contributed by atoms with van der Waals surface area (Å²) < 4.78 is 4.98. The average molecular weight is 296 g/mol. The van der Waals surface area contributed by atoms with E-state index in [9.17, 15) is 9.90 Å². The van der Waals surface area contributed by atoms with Crippen molar-refractivity contribution in [2.75, 3.05) is 7.11 Å². The Morgan fingerprint density at radius 1 is 1.27 bits per heavy atom. The van der Waals surface area contributed by atoms with Gasteiger partial charge < -0.3 is 15.2 Å². The fourth-order valence-corrected chi connectivity index (χ4v) is 2.03. The second kappa shape index (κ2) is 6.64. The lowest BCUT2D eigenvalue weighted by atomic mass is 10.1. The Kier molecular flexibility index (Phi) is 4.64. The van der Waals surface area contributed by atoms with Gasteiger partial charge in [-0.25, -0.2) is 0 Å². The summed E-state index contributed by atoms with van der Waals surface area (Å²) in [6.07, 6.45) is 0. The van der Waals surface area contributed by atoms with Gasteiger partial charge in [-0.05, 0) is 36.8 Å². The Morgan fingerprint density at radius 3 is 2.50 bits per heavy atom. The molecule has 5 heteroatoms. The third-order valence-corrected chi connectivity index (χ3v) is 3.34. The lowest BCUT2D eigenvalue weighted by Crippen LogP contribution is -2.26. The smallest absolute Gasteiger partial charge is 0.255 e. The second-order valence-corrected chi connectivity index (χ2v) is 4.81. The molecule has 22 heavy (non-hydrogen) atoms. The van der Waals surface area contributed by atoms with Crippen LogP contribution in [0.5, 0.6) is 11.5 Å². The van der Waals surface area contributed by atoms with Crippen LogP contribution >= 0.6 is 0 Å². The fourth-order valence-electron chi connectivity index (χ4n) is 2.03. The first-order valence-electron chi connectivity index (χ1n) is 6.73. The van der Waals surface area contributed by atoms with Crippen molar-refractivity contribution in [1.29, 1.82) is 5.26 Å². The van der Waals surface area contributed by atoms with Crippen LogP contribution in [0, 0.1) is 11.3 Å². The van der Waals surface area contributed by atoms with E-state index < -0.39 is 0 Å². The fraction of sp³-hybridized carbons (Fsp3) is 0.176. The number of phenolic OH excluding ortho intramolecular Hbond substituents is 1. The van der Waals surface area contributed by atoms with Crippen LogP contribution in [0.2, 0.25) is 0 Å². The van der Waals surface area contributed by atoms with Crippen LogP contribution in [-0.4, -0.2) is 18.1 Å². The molecular weight excluding hydrogens is 280 g/mol. The highest BCUT2D eigenvalue weighted by molar-refractivity contribution is 5.97. The first kappa shape index (κ1) is 15.4. The molecule has 0 bridgehead atoms. The number of hydrogen-bond acceptors (Lipinski definition) is 4. The predicted molar refractivity (Wildman–Crippen MR) is 81.7 cm³/mol. The summed E-state index contributed by atoms with van der Waals surface area (Å²) in [6.45, 7) is 1.83. The summed E-state index contributed by atoms with van der Waals surface area (Å²) in [6, 6.07) is 13.3. The Hall–Kier alpha value is -3.00. The van der Waals surface area contributed by atoms with Gasteiger partial charge in [0.2, 0.25) is 0 Å². The molecule has 0 fully saturated rings. The monoisotopic (exact) mass is 296 g/mol. The van der Waals surface area contributed by atoms with Gasteiger partial charge in [-0.2, -0.15) is 5.26 Å². The molecule has 0 aliphatic rings. The van der Waals surface area contributed by atoms with E-state index in [4.69, 9.17) is 10.00 Å². The van der Waals surface area contributed by atoms with Crippen LogP contribution < -0.4 is 10.1 Å². The molecule has 0 radical (unpaired) electrons. The van der Waals surface area contributed by atoms with Crippen LogP contribution in [0.3, 0.4) is 0 Å². The van der Waals surface area contributed by atoms with Crippen LogP contribution in [-0.2, 0) is 0 Å². The van der Waals surface area contributed by atoms with Gasteiger partial charge in [0.25, 0.3) is 5.91 Å². The SMILES string of the molecule is COc1ccc(C(=O)NC(C)c2ccc(C#N)cc2)c(O)c1. The van der Waals surface area contributed by atoms with Crippen molar-refractivity contribution < 1.29 is 14.6 Å². The third-order valence-electron chi connectivity index (χ3n) is 3.34. The first-order valence-corrected chi connectivity index (χ1v) is 6.73. The van der Waals surface area contributed by atoms with Gasteiger partial charge in [-0.3, -0.25) is 4.79 Å². The highest BCUT2D eigenvalue weighted by Crippen LogP contribution is 2.24. The minimum atomic E-state index is -0.378. The van der Waals surface area contributed by atoms with Gasteiger partial charge in [0, 0.05) is 6.07 Å². The quantitative estimate of drug-likeness (QED) is 0.909. The molecule has 0 spiro atoms. The summed E-state index contributed by atoms with van der Waals surface area (Å²) in [5.74, 6) is -0.0323. The maximum atomic E-state index is 12.2. The van der Waals surface area contributed by atoms with E-state index in [1.807, 2.05) is 13.0 Å². The topological polar surface area (TPSA) is 82.3 Å². The van der Waals surface area contributed by atoms with Gasteiger partial charge in [0.05, 0.1) is 30.3 Å². The number of hydrogen-bond donors (Lipinski definition) is 2. The number of benzene rings is 2. The normalized spacial score (nSPS) is 11.3. The second-order valence-electron chi connectivity index (χ2n) is 4.81. The lowest BCUT2D eigenvalue weighted by molar-refractivity contribution is 0.0937. The van der Waals surface area contributed by atoms with E-state index in [2.05, 4.69) is 5.32 Å². The maximum absolute atomic E-state index is 12.2. The molecule has 0 aliphatic carbocycles. The molecular formula is C17H16N2O3. The minimum absolute atomic E-state index is 0.135. The molecule has 0 saturated heterocycles. The van der Waals surface area contributed by atoms with Gasteiger partial charge >= 0.3 is 0 Å². The van der Waals surface area contributed by atoms with Crippen molar-refractivity contribution in [1.82, 2.24) is 5.32 Å². The van der Waals surface area contributed by atoms with E-state index in [1.54, 1.807) is 30.3 Å². The number of nitrogens with one attached hydrogen (secondary N) is 1. The highest BCUT2D eigenvalue weighted by atomic mass is 16.5. The number of methoxy groups -OCH3 is 1. The Balaban J connectivity index is 2.12. The van der Waals surface area contributed by atoms with E-state index >= 15 is 0 Å².